The number of carbonyl (C=O) groups is 1. The highest BCUT2D eigenvalue weighted by Crippen LogP contribution is 2.20. The maximum Gasteiger partial charge on any atom is 0.307 e. The Hall–Kier alpha value is -1.42. The highest BCUT2D eigenvalue weighted by Gasteiger charge is 2.25. The molecule has 1 heterocycles. The summed E-state index contributed by atoms with van der Waals surface area (Å²) < 4.78 is 13.9. The van der Waals surface area contributed by atoms with Crippen LogP contribution >= 0.6 is 0 Å². The van der Waals surface area contributed by atoms with E-state index in [1.54, 1.807) is 19.1 Å². The Kier molecular flexibility index (Phi) is 3.97. The van der Waals surface area contributed by atoms with Gasteiger partial charge in [-0.3, -0.25) is 9.69 Å². The second-order valence-electron chi connectivity index (χ2n) is 4.96. The first kappa shape index (κ1) is 13.0. The number of hydrogen-bond donors (Lipinski definition) is 1. The molecule has 18 heavy (non-hydrogen) atoms. The number of nitrogens with zero attached hydrogens (tertiary/aromatic N) is 1. The summed E-state index contributed by atoms with van der Waals surface area (Å²) in [5.74, 6) is -1.23. The van der Waals surface area contributed by atoms with Gasteiger partial charge >= 0.3 is 5.97 Å². The molecule has 1 saturated heterocycles. The molecule has 1 aromatic rings. The Balaban J connectivity index is 2.05. The Morgan fingerprint density at radius 3 is 3.06 bits per heavy atom. The van der Waals surface area contributed by atoms with Crippen LogP contribution in [0.25, 0.3) is 0 Å². The van der Waals surface area contributed by atoms with Gasteiger partial charge in [0.1, 0.15) is 5.82 Å². The minimum atomic E-state index is -0.746. The van der Waals surface area contributed by atoms with Gasteiger partial charge in [0.2, 0.25) is 0 Å². The van der Waals surface area contributed by atoms with Crippen molar-refractivity contribution in [2.75, 3.05) is 13.1 Å². The molecule has 0 spiro atoms. The van der Waals surface area contributed by atoms with E-state index < -0.39 is 5.97 Å². The van der Waals surface area contributed by atoms with E-state index in [9.17, 15) is 9.18 Å². The molecule has 0 radical (unpaired) electrons. The first-order valence-corrected chi connectivity index (χ1v) is 6.27. The van der Waals surface area contributed by atoms with Gasteiger partial charge in [-0.1, -0.05) is 18.2 Å². The third kappa shape index (κ3) is 2.88. The second kappa shape index (κ2) is 5.48. The summed E-state index contributed by atoms with van der Waals surface area (Å²) >= 11 is 0. The first-order chi connectivity index (χ1) is 8.58. The summed E-state index contributed by atoms with van der Waals surface area (Å²) in [6.07, 6.45) is 1.59. The number of carboxylic acid groups (broad SMARTS) is 1. The van der Waals surface area contributed by atoms with Crippen LogP contribution in [0.5, 0.6) is 0 Å². The first-order valence-electron chi connectivity index (χ1n) is 6.27. The molecule has 0 aromatic heterocycles. The topological polar surface area (TPSA) is 40.5 Å². The van der Waals surface area contributed by atoms with Crippen molar-refractivity contribution in [3.8, 4) is 0 Å². The normalized spacial score (nSPS) is 20.9. The van der Waals surface area contributed by atoms with Gasteiger partial charge in [-0.2, -0.15) is 0 Å². The van der Waals surface area contributed by atoms with Gasteiger partial charge in [0, 0.05) is 18.7 Å². The lowest BCUT2D eigenvalue weighted by atomic mass is 9.97. The van der Waals surface area contributed by atoms with Gasteiger partial charge in [0.05, 0.1) is 5.92 Å². The van der Waals surface area contributed by atoms with E-state index in [4.69, 9.17) is 5.11 Å². The molecule has 0 unspecified atom stereocenters. The van der Waals surface area contributed by atoms with Crippen LogP contribution < -0.4 is 0 Å². The Bertz CT molecular complexity index is 447. The molecule has 0 saturated carbocycles. The van der Waals surface area contributed by atoms with Crippen molar-refractivity contribution < 1.29 is 14.3 Å². The summed E-state index contributed by atoms with van der Waals surface area (Å²) in [7, 11) is 0. The number of halogens is 1. The van der Waals surface area contributed by atoms with Crippen molar-refractivity contribution in [1.29, 1.82) is 0 Å². The lowest BCUT2D eigenvalue weighted by Gasteiger charge is -2.30. The molecule has 1 aliphatic heterocycles. The quantitative estimate of drug-likeness (QED) is 0.897. The minimum Gasteiger partial charge on any atom is -0.481 e. The minimum absolute atomic E-state index is 0.171. The summed E-state index contributed by atoms with van der Waals surface area (Å²) in [6.45, 7) is 3.60. The Morgan fingerprint density at radius 2 is 2.33 bits per heavy atom. The van der Waals surface area contributed by atoms with Gasteiger partial charge in [-0.15, -0.1) is 0 Å². The number of carboxylic acids is 1. The molecule has 1 fully saturated rings. The highest BCUT2D eigenvalue weighted by molar-refractivity contribution is 5.70. The average Bonchev–Trinajstić information content (AvgIpc) is 2.35. The van der Waals surface area contributed by atoms with Gasteiger partial charge < -0.3 is 5.11 Å². The van der Waals surface area contributed by atoms with E-state index in [-0.39, 0.29) is 11.7 Å². The van der Waals surface area contributed by atoms with Crippen molar-refractivity contribution in [3.63, 3.8) is 0 Å². The summed E-state index contributed by atoms with van der Waals surface area (Å²) in [4.78, 5) is 13.0. The molecule has 98 valence electrons. The number of piperidine rings is 1. The molecule has 2 rings (SSSR count). The lowest BCUT2D eigenvalue weighted by molar-refractivity contribution is -0.143. The van der Waals surface area contributed by atoms with Gasteiger partial charge in [-0.05, 0) is 31.9 Å². The fourth-order valence-electron chi connectivity index (χ4n) is 2.47. The van der Waals surface area contributed by atoms with Crippen LogP contribution in [0, 0.1) is 18.7 Å². The van der Waals surface area contributed by atoms with Gasteiger partial charge in [-0.25, -0.2) is 4.39 Å². The molecular weight excluding hydrogens is 233 g/mol. The molecule has 0 bridgehead atoms. The van der Waals surface area contributed by atoms with E-state index in [0.29, 0.717) is 24.2 Å². The molecule has 1 aromatic carbocycles. The predicted octanol–water partition coefficient (Wildman–Crippen LogP) is 2.43. The van der Waals surface area contributed by atoms with Gasteiger partial charge in [0.15, 0.2) is 0 Å². The Labute approximate surface area is 106 Å². The zero-order valence-corrected chi connectivity index (χ0v) is 10.5. The number of benzene rings is 1. The van der Waals surface area contributed by atoms with Crippen LogP contribution in [0.1, 0.15) is 24.0 Å². The molecule has 1 N–H and O–H groups in total. The molecule has 0 amide bonds. The largest absolute Gasteiger partial charge is 0.481 e. The maximum atomic E-state index is 13.9. The molecular formula is C14H18FNO2. The van der Waals surface area contributed by atoms with E-state index in [2.05, 4.69) is 0 Å². The number of aryl methyl sites for hydroxylation is 1. The monoisotopic (exact) mass is 251 g/mol. The van der Waals surface area contributed by atoms with E-state index in [1.165, 1.54) is 0 Å². The van der Waals surface area contributed by atoms with Crippen LogP contribution in [0.2, 0.25) is 0 Å². The maximum absolute atomic E-state index is 13.9. The van der Waals surface area contributed by atoms with Crippen molar-refractivity contribution >= 4 is 5.97 Å². The van der Waals surface area contributed by atoms with Crippen molar-refractivity contribution in [2.45, 2.75) is 26.3 Å². The number of likely N-dealkylation sites (tertiary alicyclic amines) is 1. The van der Waals surface area contributed by atoms with Crippen LogP contribution in [-0.4, -0.2) is 29.1 Å². The molecule has 4 heteroatoms. The van der Waals surface area contributed by atoms with Crippen molar-refractivity contribution in [3.05, 3.63) is 35.1 Å². The van der Waals surface area contributed by atoms with Crippen LogP contribution in [0.3, 0.4) is 0 Å². The Morgan fingerprint density at radius 1 is 1.56 bits per heavy atom. The highest BCUT2D eigenvalue weighted by atomic mass is 19.1. The van der Waals surface area contributed by atoms with Gasteiger partial charge in [0.25, 0.3) is 0 Å². The standard InChI is InChI=1S/C14H18FNO2/c1-10-4-2-5-11(13(10)15)8-16-7-3-6-12(9-16)14(17)18/h2,4-5,12H,3,6-9H2,1H3,(H,17,18)/t12-/m1/s1. The smallest absolute Gasteiger partial charge is 0.307 e. The lowest BCUT2D eigenvalue weighted by Crippen LogP contribution is -2.38. The fourth-order valence-corrected chi connectivity index (χ4v) is 2.47. The van der Waals surface area contributed by atoms with Crippen LogP contribution in [0.4, 0.5) is 4.39 Å². The fraction of sp³-hybridized carbons (Fsp3) is 0.500. The zero-order valence-electron chi connectivity index (χ0n) is 10.5. The summed E-state index contributed by atoms with van der Waals surface area (Å²) in [5, 5.41) is 9.02. The third-order valence-corrected chi connectivity index (χ3v) is 3.52. The van der Waals surface area contributed by atoms with E-state index >= 15 is 0 Å². The predicted molar refractivity (Wildman–Crippen MR) is 66.8 cm³/mol. The molecule has 1 atom stereocenters. The second-order valence-corrected chi connectivity index (χ2v) is 4.96. The van der Waals surface area contributed by atoms with Crippen LogP contribution in [0.15, 0.2) is 18.2 Å². The number of hydrogen-bond acceptors (Lipinski definition) is 2. The summed E-state index contributed by atoms with van der Waals surface area (Å²) in [5.41, 5.74) is 1.29. The van der Waals surface area contributed by atoms with E-state index in [1.807, 2.05) is 11.0 Å². The molecule has 1 aliphatic rings. The molecule has 0 aliphatic carbocycles. The summed E-state index contributed by atoms with van der Waals surface area (Å²) in [6, 6.07) is 5.36. The SMILES string of the molecule is Cc1cccc(CN2CCC[C@@H](C(=O)O)C2)c1F. The number of aliphatic carboxylic acids is 1. The number of rotatable bonds is 3. The molecule has 3 nitrogen and oxygen atoms in total. The average molecular weight is 251 g/mol. The van der Waals surface area contributed by atoms with Crippen molar-refractivity contribution in [2.24, 2.45) is 5.92 Å². The van der Waals surface area contributed by atoms with Crippen molar-refractivity contribution in [1.82, 2.24) is 4.90 Å². The van der Waals surface area contributed by atoms with Crippen LogP contribution in [-0.2, 0) is 11.3 Å². The van der Waals surface area contributed by atoms with E-state index in [0.717, 1.165) is 19.4 Å². The third-order valence-electron chi connectivity index (χ3n) is 3.52. The zero-order chi connectivity index (χ0) is 13.1.